The molecule has 2 nitrogen and oxygen atoms in total. The second-order valence-electron chi connectivity index (χ2n) is 3.18. The number of benzene rings is 1. The number of aliphatic hydroxyl groups excluding tert-OH is 1. The van der Waals surface area contributed by atoms with E-state index < -0.39 is 6.10 Å². The van der Waals surface area contributed by atoms with Crippen LogP contribution >= 0.6 is 0 Å². The van der Waals surface area contributed by atoms with Gasteiger partial charge < -0.3 is 5.11 Å². The first-order valence-electron chi connectivity index (χ1n) is 4.46. The van der Waals surface area contributed by atoms with Gasteiger partial charge in [-0.15, -0.1) is 0 Å². The van der Waals surface area contributed by atoms with Gasteiger partial charge in [-0.1, -0.05) is 30.3 Å². The number of ketones is 1. The topological polar surface area (TPSA) is 37.3 Å². The van der Waals surface area contributed by atoms with Crippen molar-refractivity contribution >= 4 is 5.78 Å². The van der Waals surface area contributed by atoms with Crippen LogP contribution in [-0.4, -0.2) is 17.0 Å². The Kier molecular flexibility index (Phi) is 3.65. The van der Waals surface area contributed by atoms with Gasteiger partial charge in [-0.25, -0.2) is 0 Å². The molecule has 1 rings (SSSR count). The molecule has 0 saturated heterocycles. The van der Waals surface area contributed by atoms with Gasteiger partial charge in [0.25, 0.3) is 0 Å². The Balaban J connectivity index is 2.50. The Bertz CT molecular complexity index is 265. The smallest absolute Gasteiger partial charge is 0.162 e. The van der Waals surface area contributed by atoms with E-state index in [1.807, 2.05) is 18.2 Å². The third-order valence-electron chi connectivity index (χ3n) is 1.88. The molecule has 0 amide bonds. The molecule has 70 valence electrons. The summed E-state index contributed by atoms with van der Waals surface area (Å²) in [6, 6.07) is 9.16. The first-order valence-corrected chi connectivity index (χ1v) is 4.46. The first kappa shape index (κ1) is 9.93. The first-order chi connectivity index (χ1) is 6.20. The van der Waals surface area contributed by atoms with Gasteiger partial charge in [0.15, 0.2) is 5.78 Å². The van der Waals surface area contributed by atoms with E-state index in [1.54, 1.807) is 19.1 Å². The lowest BCUT2D eigenvalue weighted by atomic mass is 10.1. The summed E-state index contributed by atoms with van der Waals surface area (Å²) in [6.45, 7) is 1.69. The molecule has 0 aliphatic heterocycles. The summed E-state index contributed by atoms with van der Waals surface area (Å²) in [5, 5.41) is 9.00. The van der Waals surface area contributed by atoms with Gasteiger partial charge >= 0.3 is 0 Å². The van der Waals surface area contributed by atoms with Gasteiger partial charge in [-0.3, -0.25) is 4.79 Å². The molecule has 0 saturated carbocycles. The maximum absolute atomic E-state index is 11.4. The fraction of sp³-hybridized carbons (Fsp3) is 0.364. The maximum Gasteiger partial charge on any atom is 0.162 e. The molecule has 0 aliphatic carbocycles. The minimum Gasteiger partial charge on any atom is -0.393 e. The Morgan fingerprint density at radius 3 is 2.54 bits per heavy atom. The molecular weight excluding hydrogens is 164 g/mol. The minimum absolute atomic E-state index is 0.0986. The third-order valence-corrected chi connectivity index (χ3v) is 1.88. The number of aliphatic hydroxyl groups is 1. The fourth-order valence-electron chi connectivity index (χ4n) is 1.11. The summed E-state index contributed by atoms with van der Waals surface area (Å²) in [6.07, 6.45) is 0.558. The molecule has 2 heteroatoms. The van der Waals surface area contributed by atoms with Crippen molar-refractivity contribution in [3.8, 4) is 0 Å². The molecule has 0 unspecified atom stereocenters. The molecular formula is C11H14O2. The van der Waals surface area contributed by atoms with Crippen LogP contribution in [0.2, 0.25) is 0 Å². The van der Waals surface area contributed by atoms with Gasteiger partial charge in [0, 0.05) is 12.0 Å². The number of rotatable bonds is 4. The van der Waals surface area contributed by atoms with Crippen molar-refractivity contribution in [2.45, 2.75) is 25.9 Å². The highest BCUT2D eigenvalue weighted by Crippen LogP contribution is 2.06. The Morgan fingerprint density at radius 1 is 1.38 bits per heavy atom. The minimum atomic E-state index is -0.396. The van der Waals surface area contributed by atoms with E-state index >= 15 is 0 Å². The lowest BCUT2D eigenvalue weighted by Gasteiger charge is -2.02. The molecule has 0 heterocycles. The maximum atomic E-state index is 11.4. The molecule has 0 bridgehead atoms. The second kappa shape index (κ2) is 4.77. The lowest BCUT2D eigenvalue weighted by Crippen LogP contribution is -2.05. The molecule has 0 aromatic heterocycles. The number of carbonyl (C=O) groups excluding carboxylic acids is 1. The van der Waals surface area contributed by atoms with Crippen LogP contribution in [0, 0.1) is 0 Å². The standard InChI is InChI=1S/C11H14O2/c1-9(12)7-8-11(13)10-5-3-2-4-6-10/h2-6,9,12H,7-8H2,1H3/t9-/m0/s1. The Labute approximate surface area is 78.2 Å². The van der Waals surface area contributed by atoms with Crippen molar-refractivity contribution < 1.29 is 9.90 Å². The van der Waals surface area contributed by atoms with E-state index in [0.717, 1.165) is 5.56 Å². The van der Waals surface area contributed by atoms with Gasteiger partial charge in [0.1, 0.15) is 0 Å². The summed E-state index contributed by atoms with van der Waals surface area (Å²) in [5.74, 6) is 0.0986. The van der Waals surface area contributed by atoms with E-state index in [2.05, 4.69) is 0 Å². The molecule has 1 N–H and O–H groups in total. The number of Topliss-reactive ketones (excluding diaryl/α,β-unsaturated/α-hetero) is 1. The molecule has 1 aromatic rings. The average Bonchev–Trinajstić information content (AvgIpc) is 2.15. The summed E-state index contributed by atoms with van der Waals surface area (Å²) in [5.41, 5.74) is 0.725. The van der Waals surface area contributed by atoms with E-state index in [9.17, 15) is 4.79 Å². The lowest BCUT2D eigenvalue weighted by molar-refractivity contribution is 0.0949. The van der Waals surface area contributed by atoms with E-state index in [-0.39, 0.29) is 5.78 Å². The number of carbonyl (C=O) groups is 1. The van der Waals surface area contributed by atoms with Crippen LogP contribution in [0.4, 0.5) is 0 Å². The van der Waals surface area contributed by atoms with Crippen LogP contribution in [0.3, 0.4) is 0 Å². The molecule has 0 radical (unpaired) electrons. The summed E-state index contributed by atoms with van der Waals surface area (Å²) in [4.78, 5) is 11.4. The van der Waals surface area contributed by atoms with Crippen molar-refractivity contribution in [1.29, 1.82) is 0 Å². The molecule has 0 fully saturated rings. The quantitative estimate of drug-likeness (QED) is 0.716. The van der Waals surface area contributed by atoms with Crippen molar-refractivity contribution in [2.75, 3.05) is 0 Å². The van der Waals surface area contributed by atoms with Crippen molar-refractivity contribution in [2.24, 2.45) is 0 Å². The molecule has 13 heavy (non-hydrogen) atoms. The van der Waals surface area contributed by atoms with Gasteiger partial charge in [-0.05, 0) is 13.3 Å². The third kappa shape index (κ3) is 3.38. The van der Waals surface area contributed by atoms with Gasteiger partial charge in [0.05, 0.1) is 6.10 Å². The number of hydrogen-bond acceptors (Lipinski definition) is 2. The molecule has 0 aliphatic rings. The Hall–Kier alpha value is -1.15. The average molecular weight is 178 g/mol. The summed E-state index contributed by atoms with van der Waals surface area (Å²) >= 11 is 0. The normalized spacial score (nSPS) is 12.5. The highest BCUT2D eigenvalue weighted by atomic mass is 16.3. The summed E-state index contributed by atoms with van der Waals surface area (Å²) in [7, 11) is 0. The van der Waals surface area contributed by atoms with Crippen LogP contribution < -0.4 is 0 Å². The second-order valence-corrected chi connectivity index (χ2v) is 3.18. The zero-order valence-electron chi connectivity index (χ0n) is 7.73. The largest absolute Gasteiger partial charge is 0.393 e. The van der Waals surface area contributed by atoms with Crippen molar-refractivity contribution in [1.82, 2.24) is 0 Å². The monoisotopic (exact) mass is 178 g/mol. The van der Waals surface area contributed by atoms with Crippen LogP contribution in [0.25, 0.3) is 0 Å². The zero-order chi connectivity index (χ0) is 9.68. The van der Waals surface area contributed by atoms with E-state index in [1.165, 1.54) is 0 Å². The van der Waals surface area contributed by atoms with Crippen LogP contribution in [-0.2, 0) is 0 Å². The molecule has 1 atom stereocenters. The zero-order valence-corrected chi connectivity index (χ0v) is 7.73. The predicted molar refractivity (Wildman–Crippen MR) is 51.7 cm³/mol. The summed E-state index contributed by atoms with van der Waals surface area (Å²) < 4.78 is 0. The van der Waals surface area contributed by atoms with Gasteiger partial charge in [0.2, 0.25) is 0 Å². The molecule has 1 aromatic carbocycles. The predicted octanol–water partition coefficient (Wildman–Crippen LogP) is 2.03. The van der Waals surface area contributed by atoms with Crippen LogP contribution in [0.5, 0.6) is 0 Å². The van der Waals surface area contributed by atoms with Crippen LogP contribution in [0.1, 0.15) is 30.1 Å². The molecule has 0 spiro atoms. The number of hydrogen-bond donors (Lipinski definition) is 1. The van der Waals surface area contributed by atoms with Crippen molar-refractivity contribution in [3.63, 3.8) is 0 Å². The highest BCUT2D eigenvalue weighted by Gasteiger charge is 2.05. The van der Waals surface area contributed by atoms with E-state index in [4.69, 9.17) is 5.11 Å². The van der Waals surface area contributed by atoms with Gasteiger partial charge in [-0.2, -0.15) is 0 Å². The SMILES string of the molecule is C[C@H](O)CCC(=O)c1ccccc1. The highest BCUT2D eigenvalue weighted by molar-refractivity contribution is 5.95. The van der Waals surface area contributed by atoms with Crippen molar-refractivity contribution in [3.05, 3.63) is 35.9 Å². The Morgan fingerprint density at radius 2 is 2.00 bits per heavy atom. The van der Waals surface area contributed by atoms with E-state index in [0.29, 0.717) is 12.8 Å². The fourth-order valence-corrected chi connectivity index (χ4v) is 1.11. The van der Waals surface area contributed by atoms with Crippen LogP contribution in [0.15, 0.2) is 30.3 Å².